The van der Waals surface area contributed by atoms with Gasteiger partial charge in [0.25, 0.3) is 0 Å². The van der Waals surface area contributed by atoms with E-state index in [2.05, 4.69) is 10.6 Å². The molecule has 2 aromatic rings. The number of nitrogens with one attached hydrogen (secondary N) is 2. The molecule has 1 fully saturated rings. The summed E-state index contributed by atoms with van der Waals surface area (Å²) in [6.45, 7) is 1.83. The second kappa shape index (κ2) is 10.7. The van der Waals surface area contributed by atoms with Crippen molar-refractivity contribution < 1.29 is 33.3 Å². The Labute approximate surface area is 185 Å². The fourth-order valence-corrected chi connectivity index (χ4v) is 3.06. The lowest BCUT2D eigenvalue weighted by Gasteiger charge is -2.17. The van der Waals surface area contributed by atoms with Crippen molar-refractivity contribution in [2.24, 2.45) is 0 Å². The number of carbonyl (C=O) groups is 2. The van der Waals surface area contributed by atoms with Gasteiger partial charge in [0.05, 0.1) is 25.9 Å². The Balaban J connectivity index is 1.49. The van der Waals surface area contributed by atoms with Crippen molar-refractivity contribution >= 4 is 23.4 Å². The number of nitrogens with zero attached hydrogens (tertiary/aromatic N) is 1. The van der Waals surface area contributed by atoms with Crippen molar-refractivity contribution in [2.75, 3.05) is 43.6 Å². The van der Waals surface area contributed by atoms with E-state index in [-0.39, 0.29) is 37.9 Å². The Morgan fingerprint density at radius 2 is 2.06 bits per heavy atom. The smallest absolute Gasteiger partial charge is 0.414 e. The monoisotopic (exact) mass is 447 g/mol. The molecule has 9 nitrogen and oxygen atoms in total. The van der Waals surface area contributed by atoms with Crippen LogP contribution in [0.3, 0.4) is 0 Å². The Morgan fingerprint density at radius 3 is 2.72 bits per heavy atom. The number of anilines is 2. The van der Waals surface area contributed by atoms with Gasteiger partial charge in [-0.05, 0) is 36.4 Å². The lowest BCUT2D eigenvalue weighted by Crippen LogP contribution is -2.33. The first-order chi connectivity index (χ1) is 15.4. The summed E-state index contributed by atoms with van der Waals surface area (Å²) < 4.78 is 30.1. The Kier molecular flexibility index (Phi) is 7.72. The van der Waals surface area contributed by atoms with Crippen LogP contribution >= 0.6 is 0 Å². The van der Waals surface area contributed by atoms with Gasteiger partial charge in [-0.15, -0.1) is 0 Å². The number of benzene rings is 2. The van der Waals surface area contributed by atoms with Crippen LogP contribution in [0.5, 0.6) is 11.5 Å². The SMILES string of the molecule is COc1ccc(NC[C@@H](O)COc2ccc(N3C[C@H](CNC(C)=O)OC3=O)cc2F)cc1. The van der Waals surface area contributed by atoms with Crippen molar-refractivity contribution in [3.63, 3.8) is 0 Å². The quantitative estimate of drug-likeness (QED) is 0.512. The predicted molar refractivity (Wildman–Crippen MR) is 116 cm³/mol. The maximum absolute atomic E-state index is 14.5. The normalized spacial score (nSPS) is 16.3. The highest BCUT2D eigenvalue weighted by Crippen LogP contribution is 2.27. The van der Waals surface area contributed by atoms with Gasteiger partial charge in [-0.3, -0.25) is 9.69 Å². The molecule has 1 saturated heterocycles. The van der Waals surface area contributed by atoms with Crippen LogP contribution in [-0.2, 0) is 9.53 Å². The first kappa shape index (κ1) is 23.1. The van der Waals surface area contributed by atoms with Crippen molar-refractivity contribution in [2.45, 2.75) is 19.1 Å². The average molecular weight is 447 g/mol. The van der Waals surface area contributed by atoms with E-state index in [1.807, 2.05) is 12.1 Å². The van der Waals surface area contributed by atoms with Gasteiger partial charge in [0.2, 0.25) is 5.91 Å². The zero-order valence-electron chi connectivity index (χ0n) is 17.8. The molecule has 0 aromatic heterocycles. The third-order valence-electron chi connectivity index (χ3n) is 4.74. The summed E-state index contributed by atoms with van der Waals surface area (Å²) in [6, 6.07) is 11.3. The molecule has 0 unspecified atom stereocenters. The van der Waals surface area contributed by atoms with E-state index in [4.69, 9.17) is 14.2 Å². The highest BCUT2D eigenvalue weighted by atomic mass is 19.1. The molecular formula is C22H26FN3O6. The fourth-order valence-electron chi connectivity index (χ4n) is 3.06. The van der Waals surface area contributed by atoms with Crippen LogP contribution in [0.4, 0.5) is 20.6 Å². The molecule has 3 rings (SSSR count). The van der Waals surface area contributed by atoms with Crippen LogP contribution in [0.15, 0.2) is 42.5 Å². The number of ether oxygens (including phenoxy) is 3. The third kappa shape index (κ3) is 6.24. The van der Waals surface area contributed by atoms with E-state index in [0.717, 1.165) is 11.4 Å². The fraction of sp³-hybridized carbons (Fsp3) is 0.364. The lowest BCUT2D eigenvalue weighted by atomic mass is 10.2. The van der Waals surface area contributed by atoms with Gasteiger partial charge in [0.15, 0.2) is 11.6 Å². The minimum atomic E-state index is -0.876. The molecule has 0 saturated carbocycles. The number of hydrogen-bond donors (Lipinski definition) is 3. The first-order valence-corrected chi connectivity index (χ1v) is 10.1. The molecule has 1 aliphatic rings. The number of methoxy groups -OCH3 is 1. The molecule has 1 aliphatic heterocycles. The van der Waals surface area contributed by atoms with E-state index < -0.39 is 24.1 Å². The number of halogens is 1. The summed E-state index contributed by atoms with van der Waals surface area (Å²) >= 11 is 0. The number of aliphatic hydroxyl groups is 1. The second-order valence-corrected chi connectivity index (χ2v) is 7.24. The molecule has 0 radical (unpaired) electrons. The summed E-state index contributed by atoms with van der Waals surface area (Å²) in [5.41, 5.74) is 1.11. The van der Waals surface area contributed by atoms with Gasteiger partial charge in [-0.2, -0.15) is 0 Å². The molecule has 0 spiro atoms. The molecule has 2 atom stereocenters. The highest BCUT2D eigenvalue weighted by Gasteiger charge is 2.32. The minimum Gasteiger partial charge on any atom is -0.497 e. The Bertz CT molecular complexity index is 940. The summed E-state index contributed by atoms with van der Waals surface area (Å²) in [7, 11) is 1.58. The van der Waals surface area contributed by atoms with Crippen LogP contribution in [0, 0.1) is 5.82 Å². The van der Waals surface area contributed by atoms with Gasteiger partial charge in [-0.1, -0.05) is 0 Å². The topological polar surface area (TPSA) is 109 Å². The van der Waals surface area contributed by atoms with Crippen LogP contribution in [0.25, 0.3) is 0 Å². The maximum atomic E-state index is 14.5. The molecule has 10 heteroatoms. The first-order valence-electron chi connectivity index (χ1n) is 10.1. The zero-order chi connectivity index (χ0) is 23.1. The van der Waals surface area contributed by atoms with Gasteiger partial charge >= 0.3 is 6.09 Å². The number of carbonyl (C=O) groups excluding carboxylic acids is 2. The molecule has 0 bridgehead atoms. The van der Waals surface area contributed by atoms with Crippen LogP contribution in [-0.4, -0.2) is 62.7 Å². The van der Waals surface area contributed by atoms with Crippen molar-refractivity contribution in [1.29, 1.82) is 0 Å². The summed E-state index contributed by atoms with van der Waals surface area (Å²) in [6.07, 6.45) is -2.01. The minimum absolute atomic E-state index is 0.0420. The maximum Gasteiger partial charge on any atom is 0.414 e. The Morgan fingerprint density at radius 1 is 1.31 bits per heavy atom. The van der Waals surface area contributed by atoms with Crippen molar-refractivity contribution in [3.8, 4) is 11.5 Å². The molecule has 1 heterocycles. The molecule has 32 heavy (non-hydrogen) atoms. The number of cyclic esters (lactones) is 1. The molecule has 172 valence electrons. The number of amides is 2. The van der Waals surface area contributed by atoms with E-state index in [0.29, 0.717) is 5.69 Å². The Hall–Kier alpha value is -3.53. The summed E-state index contributed by atoms with van der Waals surface area (Å²) in [5.74, 6) is -0.215. The summed E-state index contributed by atoms with van der Waals surface area (Å²) in [4.78, 5) is 24.3. The molecule has 2 aromatic carbocycles. The predicted octanol–water partition coefficient (Wildman–Crippen LogP) is 2.15. The van der Waals surface area contributed by atoms with E-state index in [1.54, 1.807) is 19.2 Å². The van der Waals surface area contributed by atoms with Crippen molar-refractivity contribution in [1.82, 2.24) is 5.32 Å². The summed E-state index contributed by atoms with van der Waals surface area (Å²) in [5, 5.41) is 15.7. The van der Waals surface area contributed by atoms with E-state index in [1.165, 1.54) is 30.0 Å². The van der Waals surface area contributed by atoms with Crippen LogP contribution in [0.2, 0.25) is 0 Å². The van der Waals surface area contributed by atoms with E-state index >= 15 is 0 Å². The van der Waals surface area contributed by atoms with Crippen LogP contribution in [0.1, 0.15) is 6.92 Å². The molecule has 0 aliphatic carbocycles. The second-order valence-electron chi connectivity index (χ2n) is 7.24. The lowest BCUT2D eigenvalue weighted by molar-refractivity contribution is -0.119. The molecule has 2 amide bonds. The largest absolute Gasteiger partial charge is 0.497 e. The van der Waals surface area contributed by atoms with Crippen LogP contribution < -0.4 is 25.0 Å². The van der Waals surface area contributed by atoms with E-state index in [9.17, 15) is 19.1 Å². The third-order valence-corrected chi connectivity index (χ3v) is 4.74. The van der Waals surface area contributed by atoms with Gasteiger partial charge in [-0.25, -0.2) is 9.18 Å². The van der Waals surface area contributed by atoms with Gasteiger partial charge < -0.3 is 30.0 Å². The van der Waals surface area contributed by atoms with Gasteiger partial charge in [0, 0.05) is 25.2 Å². The zero-order valence-corrected chi connectivity index (χ0v) is 17.8. The van der Waals surface area contributed by atoms with Gasteiger partial charge in [0.1, 0.15) is 24.6 Å². The highest BCUT2D eigenvalue weighted by molar-refractivity contribution is 5.90. The standard InChI is InChI=1S/C22H26FN3O6/c1-14(27)24-11-19-12-26(22(29)32-19)16-5-8-21(20(23)9-16)31-13-17(28)10-25-15-3-6-18(30-2)7-4-15/h3-9,17,19,25,28H,10-13H2,1-2H3,(H,24,27)/t17-,19+/m1/s1. The number of hydrogen-bond acceptors (Lipinski definition) is 7. The molecular weight excluding hydrogens is 421 g/mol. The van der Waals surface area contributed by atoms with Crippen molar-refractivity contribution in [3.05, 3.63) is 48.3 Å². The number of rotatable bonds is 10. The average Bonchev–Trinajstić information content (AvgIpc) is 3.16. The number of aliphatic hydroxyl groups excluding tert-OH is 1. The molecule has 3 N–H and O–H groups in total.